The average Bonchev–Trinajstić information content (AvgIpc) is 2.93. The van der Waals surface area contributed by atoms with Gasteiger partial charge < -0.3 is 10.2 Å². The molecule has 1 fully saturated rings. The van der Waals surface area contributed by atoms with Crippen LogP contribution in [0.25, 0.3) is 0 Å². The summed E-state index contributed by atoms with van der Waals surface area (Å²) in [5, 5.41) is 3.03. The molecule has 0 spiro atoms. The second-order valence-electron chi connectivity index (χ2n) is 5.91. The van der Waals surface area contributed by atoms with Crippen LogP contribution in [-0.4, -0.2) is 29.3 Å². The van der Waals surface area contributed by atoms with Gasteiger partial charge in [-0.2, -0.15) is 0 Å². The minimum atomic E-state index is -0.0721. The van der Waals surface area contributed by atoms with E-state index in [2.05, 4.69) is 5.32 Å². The summed E-state index contributed by atoms with van der Waals surface area (Å²) in [5.41, 5.74) is 2.23. The molecule has 114 valence electrons. The van der Waals surface area contributed by atoms with Crippen LogP contribution in [0.2, 0.25) is 0 Å². The Hall–Kier alpha value is -1.84. The third-order valence-corrected chi connectivity index (χ3v) is 3.99. The van der Waals surface area contributed by atoms with Crippen molar-refractivity contribution in [3.05, 3.63) is 35.4 Å². The summed E-state index contributed by atoms with van der Waals surface area (Å²) >= 11 is 0. The zero-order chi connectivity index (χ0) is 15.2. The van der Waals surface area contributed by atoms with Crippen molar-refractivity contribution in [1.29, 1.82) is 0 Å². The number of hydrogen-bond donors (Lipinski definition) is 1. The highest BCUT2D eigenvalue weighted by Gasteiger charge is 2.19. The third kappa shape index (κ3) is 4.88. The van der Waals surface area contributed by atoms with Gasteiger partial charge in [0.1, 0.15) is 0 Å². The summed E-state index contributed by atoms with van der Waals surface area (Å²) in [7, 11) is 0. The summed E-state index contributed by atoms with van der Waals surface area (Å²) in [6.07, 6.45) is 4.49. The van der Waals surface area contributed by atoms with E-state index in [1.165, 1.54) is 25.3 Å². The first-order valence-corrected chi connectivity index (χ1v) is 7.65. The van der Waals surface area contributed by atoms with Crippen LogP contribution in [0, 0.1) is 6.92 Å². The molecule has 21 heavy (non-hydrogen) atoms. The Bertz CT molecular complexity index is 490. The smallest absolute Gasteiger partial charge is 0.239 e. The van der Waals surface area contributed by atoms with Crippen molar-refractivity contribution in [3.63, 3.8) is 0 Å². The number of nitrogens with zero attached hydrogens (tertiary/aromatic N) is 1. The molecule has 0 radical (unpaired) electrons. The van der Waals surface area contributed by atoms with Crippen molar-refractivity contribution < 1.29 is 9.59 Å². The number of carbonyl (C=O) groups is 2. The number of carbonyl (C=O) groups excluding carboxylic acids is 2. The zero-order valence-electron chi connectivity index (χ0n) is 12.9. The van der Waals surface area contributed by atoms with Crippen molar-refractivity contribution in [2.75, 3.05) is 6.54 Å². The number of amides is 2. The maximum absolute atomic E-state index is 12.1. The molecule has 1 N–H and O–H groups in total. The quantitative estimate of drug-likeness (QED) is 0.904. The molecular weight excluding hydrogens is 264 g/mol. The maximum atomic E-state index is 12.1. The Balaban J connectivity index is 1.90. The number of benzene rings is 1. The Labute approximate surface area is 126 Å². The van der Waals surface area contributed by atoms with E-state index in [0.29, 0.717) is 12.6 Å². The van der Waals surface area contributed by atoms with E-state index >= 15 is 0 Å². The van der Waals surface area contributed by atoms with Gasteiger partial charge in [-0.15, -0.1) is 0 Å². The van der Waals surface area contributed by atoms with Crippen LogP contribution in [0.5, 0.6) is 0 Å². The minimum Gasteiger partial charge on any atom is -0.352 e. The molecule has 1 aromatic rings. The van der Waals surface area contributed by atoms with Crippen LogP contribution in [0.1, 0.15) is 43.7 Å². The van der Waals surface area contributed by atoms with Gasteiger partial charge in [0, 0.05) is 19.5 Å². The van der Waals surface area contributed by atoms with E-state index in [9.17, 15) is 9.59 Å². The molecule has 1 aliphatic carbocycles. The molecule has 0 bridgehead atoms. The van der Waals surface area contributed by atoms with Crippen molar-refractivity contribution in [1.82, 2.24) is 10.2 Å². The molecule has 0 heterocycles. The molecule has 0 aliphatic heterocycles. The highest BCUT2D eigenvalue weighted by atomic mass is 16.2. The molecular formula is C17H24N2O2. The van der Waals surface area contributed by atoms with E-state index in [4.69, 9.17) is 0 Å². The lowest BCUT2D eigenvalue weighted by Crippen LogP contribution is -2.42. The maximum Gasteiger partial charge on any atom is 0.239 e. The SMILES string of the molecule is CC(=O)N(CC(=O)NC1CCCC1)Cc1ccc(C)cc1. The lowest BCUT2D eigenvalue weighted by molar-refractivity contribution is -0.135. The molecule has 0 unspecified atom stereocenters. The number of aryl methyl sites for hydroxylation is 1. The number of rotatable bonds is 5. The Kier molecular flexibility index (Phi) is 5.37. The fourth-order valence-electron chi connectivity index (χ4n) is 2.71. The fourth-order valence-corrected chi connectivity index (χ4v) is 2.71. The molecule has 4 nitrogen and oxygen atoms in total. The highest BCUT2D eigenvalue weighted by Crippen LogP contribution is 2.17. The van der Waals surface area contributed by atoms with Gasteiger partial charge >= 0.3 is 0 Å². The topological polar surface area (TPSA) is 49.4 Å². The molecule has 0 aromatic heterocycles. The van der Waals surface area contributed by atoms with Crippen molar-refractivity contribution in [3.8, 4) is 0 Å². The molecule has 4 heteroatoms. The van der Waals surface area contributed by atoms with Gasteiger partial charge in [0.2, 0.25) is 11.8 Å². The van der Waals surface area contributed by atoms with Crippen LogP contribution in [0.15, 0.2) is 24.3 Å². The van der Waals surface area contributed by atoms with Crippen LogP contribution in [0.3, 0.4) is 0 Å². The first-order valence-electron chi connectivity index (χ1n) is 7.65. The van der Waals surface area contributed by atoms with E-state index in [-0.39, 0.29) is 18.4 Å². The summed E-state index contributed by atoms with van der Waals surface area (Å²) in [6.45, 7) is 4.16. The molecule has 0 saturated heterocycles. The molecule has 0 atom stereocenters. The Morgan fingerprint density at radius 2 is 1.81 bits per heavy atom. The van der Waals surface area contributed by atoms with Crippen molar-refractivity contribution in [2.24, 2.45) is 0 Å². The van der Waals surface area contributed by atoms with Gasteiger partial charge in [-0.3, -0.25) is 9.59 Å². The summed E-state index contributed by atoms with van der Waals surface area (Å²) < 4.78 is 0. The predicted octanol–water partition coefficient (Wildman–Crippen LogP) is 2.40. The Morgan fingerprint density at radius 1 is 1.19 bits per heavy atom. The fraction of sp³-hybridized carbons (Fsp3) is 0.529. The lowest BCUT2D eigenvalue weighted by Gasteiger charge is -2.22. The van der Waals surface area contributed by atoms with E-state index < -0.39 is 0 Å². The number of nitrogens with one attached hydrogen (secondary N) is 1. The van der Waals surface area contributed by atoms with Crippen LogP contribution in [-0.2, 0) is 16.1 Å². The van der Waals surface area contributed by atoms with E-state index in [0.717, 1.165) is 18.4 Å². The molecule has 1 aliphatic rings. The van der Waals surface area contributed by atoms with Crippen LogP contribution < -0.4 is 5.32 Å². The van der Waals surface area contributed by atoms with Gasteiger partial charge in [-0.1, -0.05) is 42.7 Å². The second kappa shape index (κ2) is 7.25. The van der Waals surface area contributed by atoms with Crippen molar-refractivity contribution in [2.45, 2.75) is 52.1 Å². The first kappa shape index (κ1) is 15.5. The lowest BCUT2D eigenvalue weighted by atomic mass is 10.1. The first-order chi connectivity index (χ1) is 10.0. The summed E-state index contributed by atoms with van der Waals surface area (Å²) in [4.78, 5) is 25.4. The van der Waals surface area contributed by atoms with Gasteiger partial charge in [0.25, 0.3) is 0 Å². The molecule has 2 amide bonds. The van der Waals surface area contributed by atoms with Gasteiger partial charge in [-0.25, -0.2) is 0 Å². The molecule has 1 saturated carbocycles. The van der Waals surface area contributed by atoms with Gasteiger partial charge in [-0.05, 0) is 25.3 Å². The Morgan fingerprint density at radius 3 is 2.38 bits per heavy atom. The summed E-state index contributed by atoms with van der Waals surface area (Å²) in [6, 6.07) is 8.34. The van der Waals surface area contributed by atoms with E-state index in [1.54, 1.807) is 4.90 Å². The van der Waals surface area contributed by atoms with Crippen LogP contribution >= 0.6 is 0 Å². The van der Waals surface area contributed by atoms with E-state index in [1.807, 2.05) is 31.2 Å². The molecule has 2 rings (SSSR count). The van der Waals surface area contributed by atoms with Gasteiger partial charge in [0.15, 0.2) is 0 Å². The second-order valence-corrected chi connectivity index (χ2v) is 5.91. The zero-order valence-corrected chi connectivity index (χ0v) is 12.9. The highest BCUT2D eigenvalue weighted by molar-refractivity contribution is 5.83. The standard InChI is InChI=1S/C17H24N2O2/c1-13-7-9-15(10-8-13)11-19(14(2)20)12-17(21)18-16-5-3-4-6-16/h7-10,16H,3-6,11-12H2,1-2H3,(H,18,21). The average molecular weight is 288 g/mol. The van der Waals surface area contributed by atoms with Gasteiger partial charge in [0.05, 0.1) is 6.54 Å². The van der Waals surface area contributed by atoms with Crippen molar-refractivity contribution >= 4 is 11.8 Å². The predicted molar refractivity (Wildman–Crippen MR) is 82.7 cm³/mol. The monoisotopic (exact) mass is 288 g/mol. The van der Waals surface area contributed by atoms with Crippen LogP contribution in [0.4, 0.5) is 0 Å². The third-order valence-electron chi connectivity index (χ3n) is 3.99. The normalized spacial score (nSPS) is 15.0. The molecule has 1 aromatic carbocycles. The largest absolute Gasteiger partial charge is 0.352 e. The number of hydrogen-bond acceptors (Lipinski definition) is 2. The minimum absolute atomic E-state index is 0.0517. The summed E-state index contributed by atoms with van der Waals surface area (Å²) in [5.74, 6) is -0.124.